The first-order valence-electron chi connectivity index (χ1n) is 9.61. The molecule has 0 bridgehead atoms. The Morgan fingerprint density at radius 2 is 1.86 bits per heavy atom. The summed E-state index contributed by atoms with van der Waals surface area (Å²) in [4.78, 5) is 15.4. The summed E-state index contributed by atoms with van der Waals surface area (Å²) in [6.45, 7) is 1.88. The first kappa shape index (κ1) is 18.1. The first-order chi connectivity index (χ1) is 13.9. The Morgan fingerprint density at radius 1 is 1.17 bits per heavy atom. The molecule has 0 spiro atoms. The summed E-state index contributed by atoms with van der Waals surface area (Å²) < 4.78 is 27.3. The number of aromatic nitrogens is 2. The number of pyridine rings is 1. The number of hydrogen-bond donors (Lipinski definition) is 1. The van der Waals surface area contributed by atoms with Gasteiger partial charge in [-0.05, 0) is 49.8 Å². The standard InChI is InChI=1S/C20H20N4O4S/c1-12-5-7-13(8-6-12)29(27,28)23-10-9-16-19(17(24(25)26)11-21-20(16)23)22-18-14-3-2-4-15(14)18/h5-11,14-15,18H,2-4H2,1H3,(H,21,22)/t14-,15+,18?. The number of rotatable bonds is 5. The Labute approximate surface area is 167 Å². The van der Waals surface area contributed by atoms with Gasteiger partial charge in [0.1, 0.15) is 11.9 Å². The number of aryl methyl sites for hydroxylation is 1. The topological polar surface area (TPSA) is 107 Å². The predicted octanol–water partition coefficient (Wildman–Crippen LogP) is 3.70. The van der Waals surface area contributed by atoms with Crippen molar-refractivity contribution in [1.82, 2.24) is 8.96 Å². The molecule has 2 aliphatic carbocycles. The van der Waals surface area contributed by atoms with E-state index in [1.807, 2.05) is 6.92 Å². The van der Waals surface area contributed by atoms with Gasteiger partial charge in [0.15, 0.2) is 5.65 Å². The fraction of sp³-hybridized carbons (Fsp3) is 0.350. The maximum absolute atomic E-state index is 13.1. The van der Waals surface area contributed by atoms with Crippen LogP contribution in [0.3, 0.4) is 0 Å². The highest BCUT2D eigenvalue weighted by molar-refractivity contribution is 7.90. The van der Waals surface area contributed by atoms with Gasteiger partial charge in [-0.15, -0.1) is 0 Å². The van der Waals surface area contributed by atoms with Crippen molar-refractivity contribution in [1.29, 1.82) is 0 Å². The van der Waals surface area contributed by atoms with Crippen molar-refractivity contribution in [3.05, 3.63) is 58.4 Å². The highest BCUT2D eigenvalue weighted by Gasteiger charge is 2.53. The van der Waals surface area contributed by atoms with Gasteiger partial charge in [-0.3, -0.25) is 10.1 Å². The second-order valence-electron chi connectivity index (χ2n) is 7.87. The van der Waals surface area contributed by atoms with Crippen molar-refractivity contribution < 1.29 is 13.3 Å². The minimum Gasteiger partial charge on any atom is -0.376 e. The second kappa shape index (κ2) is 6.28. The van der Waals surface area contributed by atoms with Crippen LogP contribution in [-0.2, 0) is 10.0 Å². The second-order valence-corrected chi connectivity index (χ2v) is 9.69. The summed E-state index contributed by atoms with van der Waals surface area (Å²) in [5.74, 6) is 1.10. The fourth-order valence-corrected chi connectivity index (χ4v) is 5.86. The molecule has 5 rings (SSSR count). The van der Waals surface area contributed by atoms with E-state index in [0.29, 0.717) is 22.9 Å². The highest BCUT2D eigenvalue weighted by atomic mass is 32.2. The van der Waals surface area contributed by atoms with Crippen LogP contribution in [0.5, 0.6) is 0 Å². The van der Waals surface area contributed by atoms with E-state index < -0.39 is 14.9 Å². The zero-order chi connectivity index (χ0) is 20.3. The minimum atomic E-state index is -3.86. The Hall–Kier alpha value is -2.94. The van der Waals surface area contributed by atoms with Gasteiger partial charge in [-0.2, -0.15) is 0 Å². The van der Waals surface area contributed by atoms with Crippen molar-refractivity contribution in [2.75, 3.05) is 5.32 Å². The maximum Gasteiger partial charge on any atom is 0.311 e. The third kappa shape index (κ3) is 2.79. The summed E-state index contributed by atoms with van der Waals surface area (Å²) in [7, 11) is -3.86. The van der Waals surface area contributed by atoms with Crippen LogP contribution in [0, 0.1) is 28.9 Å². The SMILES string of the molecule is Cc1ccc(S(=O)(=O)n2ccc3c(NC4[C@H]5CCC[C@@H]45)c([N+](=O)[O-])cnc32)cc1. The molecule has 2 fully saturated rings. The molecule has 3 atom stereocenters. The van der Waals surface area contributed by atoms with E-state index in [4.69, 9.17) is 0 Å². The minimum absolute atomic E-state index is 0.132. The van der Waals surface area contributed by atoms with Crippen LogP contribution in [0.1, 0.15) is 24.8 Å². The molecule has 2 heterocycles. The van der Waals surface area contributed by atoms with E-state index in [-0.39, 0.29) is 22.3 Å². The van der Waals surface area contributed by atoms with E-state index in [1.165, 1.54) is 12.6 Å². The molecule has 1 unspecified atom stereocenters. The van der Waals surface area contributed by atoms with Crippen LogP contribution >= 0.6 is 0 Å². The van der Waals surface area contributed by atoms with Gasteiger partial charge in [0, 0.05) is 12.2 Å². The Morgan fingerprint density at radius 3 is 2.52 bits per heavy atom. The molecule has 1 N–H and O–H groups in total. The van der Waals surface area contributed by atoms with Gasteiger partial charge in [0.2, 0.25) is 0 Å². The Balaban J connectivity index is 1.61. The van der Waals surface area contributed by atoms with Crippen molar-refractivity contribution in [2.24, 2.45) is 11.8 Å². The quantitative estimate of drug-likeness (QED) is 0.506. The van der Waals surface area contributed by atoms with Gasteiger partial charge in [-0.25, -0.2) is 17.4 Å². The molecule has 0 saturated heterocycles. The summed E-state index contributed by atoms with van der Waals surface area (Å²) in [5, 5.41) is 15.3. The van der Waals surface area contributed by atoms with Gasteiger partial charge in [-0.1, -0.05) is 24.1 Å². The first-order valence-corrected chi connectivity index (χ1v) is 11.0. The van der Waals surface area contributed by atoms with Crippen LogP contribution in [0.2, 0.25) is 0 Å². The number of hydrogen-bond acceptors (Lipinski definition) is 6. The number of nitrogens with one attached hydrogen (secondary N) is 1. The Kier molecular flexibility index (Phi) is 3.92. The number of nitro groups is 1. The molecule has 1 aromatic carbocycles. The Bertz CT molecular complexity index is 1220. The lowest BCUT2D eigenvalue weighted by Gasteiger charge is -2.11. The summed E-state index contributed by atoms with van der Waals surface area (Å²) in [6.07, 6.45) is 6.02. The van der Waals surface area contributed by atoms with Crippen molar-refractivity contribution in [3.63, 3.8) is 0 Å². The number of anilines is 1. The van der Waals surface area contributed by atoms with E-state index in [2.05, 4.69) is 10.3 Å². The fourth-order valence-electron chi connectivity index (χ4n) is 4.56. The average molecular weight is 412 g/mol. The van der Waals surface area contributed by atoms with Crippen LogP contribution < -0.4 is 5.32 Å². The summed E-state index contributed by atoms with van der Waals surface area (Å²) in [5.41, 5.74) is 1.37. The lowest BCUT2D eigenvalue weighted by atomic mass is 10.2. The summed E-state index contributed by atoms with van der Waals surface area (Å²) in [6, 6.07) is 8.36. The van der Waals surface area contributed by atoms with Crippen molar-refractivity contribution >= 4 is 32.4 Å². The molecule has 2 aromatic heterocycles. The zero-order valence-corrected chi connectivity index (χ0v) is 16.6. The van der Waals surface area contributed by atoms with Gasteiger partial charge in [0.05, 0.1) is 15.2 Å². The monoisotopic (exact) mass is 412 g/mol. The molecular weight excluding hydrogens is 392 g/mol. The molecule has 3 aromatic rings. The molecule has 9 heteroatoms. The molecule has 29 heavy (non-hydrogen) atoms. The summed E-state index contributed by atoms with van der Waals surface area (Å²) >= 11 is 0. The van der Waals surface area contributed by atoms with E-state index in [1.54, 1.807) is 30.3 Å². The normalized spacial score (nSPS) is 23.1. The van der Waals surface area contributed by atoms with Crippen molar-refractivity contribution in [3.8, 4) is 0 Å². The molecular formula is C20H20N4O4S. The smallest absolute Gasteiger partial charge is 0.311 e. The zero-order valence-electron chi connectivity index (χ0n) is 15.8. The number of fused-ring (bicyclic) bond motifs is 2. The number of nitrogens with zero attached hydrogens (tertiary/aromatic N) is 3. The molecule has 0 aliphatic heterocycles. The molecule has 2 aliphatic rings. The molecule has 2 saturated carbocycles. The van der Waals surface area contributed by atoms with Crippen LogP contribution in [0.15, 0.2) is 47.6 Å². The molecule has 150 valence electrons. The van der Waals surface area contributed by atoms with E-state index in [9.17, 15) is 18.5 Å². The predicted molar refractivity (Wildman–Crippen MR) is 108 cm³/mol. The largest absolute Gasteiger partial charge is 0.376 e. The number of benzene rings is 1. The molecule has 8 nitrogen and oxygen atoms in total. The van der Waals surface area contributed by atoms with Gasteiger partial charge >= 0.3 is 5.69 Å². The molecule has 0 radical (unpaired) electrons. The van der Waals surface area contributed by atoms with Crippen LogP contribution in [0.4, 0.5) is 11.4 Å². The van der Waals surface area contributed by atoms with Crippen LogP contribution in [-0.4, -0.2) is 28.3 Å². The average Bonchev–Trinajstić information content (AvgIpc) is 3.07. The third-order valence-corrected chi connectivity index (χ3v) is 7.83. The molecule has 0 amide bonds. The highest BCUT2D eigenvalue weighted by Crippen LogP contribution is 2.54. The lowest BCUT2D eigenvalue weighted by molar-refractivity contribution is -0.384. The van der Waals surface area contributed by atoms with Crippen LogP contribution in [0.25, 0.3) is 11.0 Å². The van der Waals surface area contributed by atoms with Gasteiger partial charge in [0.25, 0.3) is 10.0 Å². The van der Waals surface area contributed by atoms with Gasteiger partial charge < -0.3 is 5.32 Å². The lowest BCUT2D eigenvalue weighted by Crippen LogP contribution is -2.14. The third-order valence-electron chi connectivity index (χ3n) is 6.15. The van der Waals surface area contributed by atoms with Crippen molar-refractivity contribution in [2.45, 2.75) is 37.1 Å². The maximum atomic E-state index is 13.1. The van der Waals surface area contributed by atoms with E-state index in [0.717, 1.165) is 28.6 Å². The van der Waals surface area contributed by atoms with E-state index >= 15 is 0 Å².